The molecule has 0 aliphatic carbocycles. The van der Waals surface area contributed by atoms with E-state index in [4.69, 9.17) is 4.98 Å². The summed E-state index contributed by atoms with van der Waals surface area (Å²) in [7, 11) is 0. The van der Waals surface area contributed by atoms with E-state index >= 15 is 0 Å². The zero-order chi connectivity index (χ0) is 17.3. The molecule has 122 valence electrons. The molecule has 1 heterocycles. The highest BCUT2D eigenvalue weighted by molar-refractivity contribution is 6.04. The van der Waals surface area contributed by atoms with Crippen LogP contribution in [0.5, 0.6) is 0 Å². The fourth-order valence-corrected chi connectivity index (χ4v) is 3.55. The van der Waals surface area contributed by atoms with E-state index in [0.29, 0.717) is 0 Å². The molecule has 0 saturated heterocycles. The highest BCUT2D eigenvalue weighted by atomic mass is 14.7. The minimum Gasteiger partial charge on any atom is -0.256 e. The van der Waals surface area contributed by atoms with Crippen LogP contribution in [-0.4, -0.2) is 4.98 Å². The lowest BCUT2D eigenvalue weighted by Gasteiger charge is -2.09. The van der Waals surface area contributed by atoms with Crippen LogP contribution in [0.1, 0.15) is 0 Å². The van der Waals surface area contributed by atoms with E-state index < -0.39 is 0 Å². The molecule has 1 aromatic heterocycles. The molecule has 4 aromatic carbocycles. The number of benzene rings is 4. The van der Waals surface area contributed by atoms with Crippen LogP contribution in [-0.2, 0) is 0 Å². The lowest BCUT2D eigenvalue weighted by atomic mass is 9.96. The molecule has 0 atom stereocenters. The summed E-state index contributed by atoms with van der Waals surface area (Å²) in [6.07, 6.45) is 1.98. The molecule has 0 N–H and O–H groups in total. The number of fused-ring (bicyclic) bond motifs is 2. The van der Waals surface area contributed by atoms with E-state index in [2.05, 4.69) is 78.9 Å². The molecule has 0 saturated carbocycles. The molecule has 0 aliphatic rings. The van der Waals surface area contributed by atoms with Gasteiger partial charge in [-0.2, -0.15) is 0 Å². The van der Waals surface area contributed by atoms with Gasteiger partial charge < -0.3 is 0 Å². The molecule has 0 spiro atoms. The number of rotatable bonds is 2. The van der Waals surface area contributed by atoms with Crippen LogP contribution >= 0.6 is 0 Å². The number of pyridine rings is 1. The van der Waals surface area contributed by atoms with Crippen molar-refractivity contribution in [1.29, 1.82) is 0 Å². The van der Waals surface area contributed by atoms with Gasteiger partial charge in [-0.3, -0.25) is 4.98 Å². The Balaban J connectivity index is 1.65. The maximum atomic E-state index is 4.69. The lowest BCUT2D eigenvalue weighted by Crippen LogP contribution is -1.86. The third-order valence-electron chi connectivity index (χ3n) is 4.89. The first kappa shape index (κ1) is 14.9. The molecule has 26 heavy (non-hydrogen) atoms. The molecular formula is C25H17N. The van der Waals surface area contributed by atoms with Gasteiger partial charge >= 0.3 is 0 Å². The molecule has 1 nitrogen and oxygen atoms in total. The smallest absolute Gasteiger partial charge is 0.0702 e. The average molecular weight is 331 g/mol. The Kier molecular flexibility index (Phi) is 3.50. The third kappa shape index (κ3) is 2.55. The predicted molar refractivity (Wildman–Crippen MR) is 110 cm³/mol. The molecule has 0 amide bonds. The first-order chi connectivity index (χ1) is 12.9. The quantitative estimate of drug-likeness (QED) is 0.327. The molecular weight excluding hydrogens is 314 g/mol. The second-order valence-electron chi connectivity index (χ2n) is 6.52. The lowest BCUT2D eigenvalue weighted by molar-refractivity contribution is 1.33. The van der Waals surface area contributed by atoms with Crippen LogP contribution in [0.2, 0.25) is 0 Å². The van der Waals surface area contributed by atoms with Gasteiger partial charge in [-0.05, 0) is 45.3 Å². The van der Waals surface area contributed by atoms with Gasteiger partial charge in [-0.15, -0.1) is 0 Å². The predicted octanol–water partition coefficient (Wildman–Crippen LogP) is 6.72. The van der Waals surface area contributed by atoms with Crippen LogP contribution in [0.15, 0.2) is 103 Å². The maximum absolute atomic E-state index is 4.69. The molecule has 5 rings (SSSR count). The fourth-order valence-electron chi connectivity index (χ4n) is 3.55. The van der Waals surface area contributed by atoms with Crippen molar-refractivity contribution in [3.05, 3.63) is 103 Å². The summed E-state index contributed by atoms with van der Waals surface area (Å²) in [6, 6.07) is 34.1. The van der Waals surface area contributed by atoms with E-state index in [0.717, 1.165) is 16.8 Å². The zero-order valence-corrected chi connectivity index (χ0v) is 14.3. The summed E-state index contributed by atoms with van der Waals surface area (Å²) in [5.74, 6) is 0. The molecule has 1 heteroatoms. The maximum Gasteiger partial charge on any atom is 0.0702 e. The van der Waals surface area contributed by atoms with Crippen LogP contribution in [0.4, 0.5) is 0 Å². The Hall–Kier alpha value is -3.45. The number of aromatic nitrogens is 1. The summed E-state index contributed by atoms with van der Waals surface area (Å²) in [4.78, 5) is 4.69. The number of nitrogens with zero attached hydrogens (tertiary/aromatic N) is 1. The van der Waals surface area contributed by atoms with Gasteiger partial charge in [0.1, 0.15) is 0 Å². The van der Waals surface area contributed by atoms with E-state index in [1.54, 1.807) is 0 Å². The Labute approximate surface area is 152 Å². The Morgan fingerprint density at radius 2 is 1.23 bits per heavy atom. The monoisotopic (exact) mass is 331 g/mol. The summed E-state index contributed by atoms with van der Waals surface area (Å²) < 4.78 is 0. The second kappa shape index (κ2) is 6.12. The second-order valence-corrected chi connectivity index (χ2v) is 6.52. The van der Waals surface area contributed by atoms with Crippen molar-refractivity contribution in [2.24, 2.45) is 0 Å². The average Bonchev–Trinajstić information content (AvgIpc) is 2.72. The van der Waals surface area contributed by atoms with Crippen LogP contribution in [0.25, 0.3) is 43.9 Å². The summed E-state index contributed by atoms with van der Waals surface area (Å²) in [5.41, 5.74) is 4.51. The van der Waals surface area contributed by atoms with Gasteiger partial charge in [-0.25, -0.2) is 0 Å². The highest BCUT2D eigenvalue weighted by Gasteiger charge is 2.07. The summed E-state index contributed by atoms with van der Waals surface area (Å²) in [5, 5.41) is 5.06. The number of hydrogen-bond donors (Lipinski definition) is 0. The van der Waals surface area contributed by atoms with E-state index in [1.165, 1.54) is 27.1 Å². The SMILES string of the molecule is c1ccc(-c2ccc(-c3cccc4cc5ccccc5cc34)cn2)cc1. The molecule has 0 fully saturated rings. The molecule has 0 bridgehead atoms. The summed E-state index contributed by atoms with van der Waals surface area (Å²) >= 11 is 0. The normalized spacial score (nSPS) is 11.1. The number of hydrogen-bond acceptors (Lipinski definition) is 1. The van der Waals surface area contributed by atoms with Crippen LogP contribution in [0.3, 0.4) is 0 Å². The van der Waals surface area contributed by atoms with Crippen LogP contribution < -0.4 is 0 Å². The van der Waals surface area contributed by atoms with E-state index in [9.17, 15) is 0 Å². The molecule has 5 aromatic rings. The van der Waals surface area contributed by atoms with Crippen molar-refractivity contribution >= 4 is 21.5 Å². The molecule has 0 radical (unpaired) electrons. The van der Waals surface area contributed by atoms with E-state index in [-0.39, 0.29) is 0 Å². The van der Waals surface area contributed by atoms with Gasteiger partial charge in [-0.1, -0.05) is 78.9 Å². The highest BCUT2D eigenvalue weighted by Crippen LogP contribution is 2.32. The Bertz CT molecular complexity index is 1210. The third-order valence-corrected chi connectivity index (χ3v) is 4.89. The van der Waals surface area contributed by atoms with Gasteiger partial charge in [0, 0.05) is 17.3 Å². The molecule has 0 aliphatic heterocycles. The van der Waals surface area contributed by atoms with Crippen molar-refractivity contribution in [3.8, 4) is 22.4 Å². The largest absolute Gasteiger partial charge is 0.256 e. The Morgan fingerprint density at radius 1 is 0.500 bits per heavy atom. The van der Waals surface area contributed by atoms with Crippen molar-refractivity contribution in [2.45, 2.75) is 0 Å². The minimum atomic E-state index is 1.00. The van der Waals surface area contributed by atoms with Crippen molar-refractivity contribution in [2.75, 3.05) is 0 Å². The minimum absolute atomic E-state index is 1.00. The van der Waals surface area contributed by atoms with Gasteiger partial charge in [0.05, 0.1) is 5.69 Å². The summed E-state index contributed by atoms with van der Waals surface area (Å²) in [6.45, 7) is 0. The topological polar surface area (TPSA) is 12.9 Å². The first-order valence-corrected chi connectivity index (χ1v) is 8.82. The van der Waals surface area contributed by atoms with Crippen LogP contribution in [0, 0.1) is 0 Å². The Morgan fingerprint density at radius 3 is 2.00 bits per heavy atom. The van der Waals surface area contributed by atoms with Crippen molar-refractivity contribution < 1.29 is 0 Å². The molecule has 0 unspecified atom stereocenters. The van der Waals surface area contributed by atoms with E-state index in [1.807, 2.05) is 24.4 Å². The zero-order valence-electron chi connectivity index (χ0n) is 14.3. The van der Waals surface area contributed by atoms with Crippen molar-refractivity contribution in [3.63, 3.8) is 0 Å². The fraction of sp³-hybridized carbons (Fsp3) is 0. The first-order valence-electron chi connectivity index (χ1n) is 8.82. The van der Waals surface area contributed by atoms with Gasteiger partial charge in [0.15, 0.2) is 0 Å². The van der Waals surface area contributed by atoms with Gasteiger partial charge in [0.2, 0.25) is 0 Å². The van der Waals surface area contributed by atoms with Crippen molar-refractivity contribution in [1.82, 2.24) is 4.98 Å². The van der Waals surface area contributed by atoms with Gasteiger partial charge in [0.25, 0.3) is 0 Å². The standard InChI is InChI=1S/C25H17N/c1-2-7-18(8-3-1)25-14-13-22(17-26-25)23-12-6-11-21-15-19-9-4-5-10-20(19)16-24(21)23/h1-17H.